The molecule has 0 aromatic heterocycles. The van der Waals surface area contributed by atoms with Gasteiger partial charge in [0.1, 0.15) is 12.4 Å². The quantitative estimate of drug-likeness (QED) is 0.818. The fourth-order valence-corrected chi connectivity index (χ4v) is 4.70. The third-order valence-electron chi connectivity index (χ3n) is 6.14. The van der Waals surface area contributed by atoms with Crippen molar-refractivity contribution >= 4 is 23.3 Å². The number of nitrogens with zero attached hydrogens (tertiary/aromatic N) is 3. The number of benzene rings is 1. The molecule has 0 spiro atoms. The van der Waals surface area contributed by atoms with Gasteiger partial charge in [-0.05, 0) is 37.0 Å². The third-order valence-corrected chi connectivity index (χ3v) is 6.14. The van der Waals surface area contributed by atoms with Gasteiger partial charge >= 0.3 is 0 Å². The highest BCUT2D eigenvalue weighted by Gasteiger charge is 2.50. The number of aryl methyl sites for hydroxylation is 1. The molecule has 2 amide bonds. The summed E-state index contributed by atoms with van der Waals surface area (Å²) >= 11 is 0. The van der Waals surface area contributed by atoms with Crippen LogP contribution in [0.1, 0.15) is 51.5 Å². The molecule has 4 rings (SSSR count). The Morgan fingerprint density at radius 1 is 1.14 bits per heavy atom. The highest BCUT2D eigenvalue weighted by atomic mass is 16.2. The Bertz CT molecular complexity index is 776. The maximum absolute atomic E-state index is 13.2. The van der Waals surface area contributed by atoms with Crippen LogP contribution in [0.3, 0.4) is 0 Å². The number of fused-ring (bicyclic) bond motifs is 3. The van der Waals surface area contributed by atoms with Crippen LogP contribution in [0.2, 0.25) is 0 Å². The van der Waals surface area contributed by atoms with Crippen LogP contribution < -0.4 is 10.7 Å². The number of hydrogen-bond acceptors (Lipinski definition) is 5. The normalized spacial score (nSPS) is 26.3. The van der Waals surface area contributed by atoms with E-state index in [9.17, 15) is 9.59 Å². The molecule has 0 bridgehead atoms. The summed E-state index contributed by atoms with van der Waals surface area (Å²) in [5, 5.41) is 7.32. The van der Waals surface area contributed by atoms with Gasteiger partial charge in [0.15, 0.2) is 6.17 Å². The largest absolute Gasteiger partial charge is 0.325 e. The smallest absolute Gasteiger partial charge is 0.268 e. The number of carbonyl (C=O) groups excluding carboxylic acids is 2. The molecule has 2 N–H and O–H groups in total. The van der Waals surface area contributed by atoms with E-state index in [-0.39, 0.29) is 30.4 Å². The van der Waals surface area contributed by atoms with Gasteiger partial charge in [0, 0.05) is 12.1 Å². The fourth-order valence-electron chi connectivity index (χ4n) is 4.70. The maximum atomic E-state index is 13.2. The van der Waals surface area contributed by atoms with Gasteiger partial charge in [-0.2, -0.15) is 5.10 Å². The minimum atomic E-state index is -0.467. The predicted molar refractivity (Wildman–Crippen MR) is 109 cm³/mol. The molecule has 2 fully saturated rings. The number of nitrogens with one attached hydrogen (secondary N) is 2. The number of amides is 2. The second-order valence-corrected chi connectivity index (χ2v) is 7.80. The van der Waals surface area contributed by atoms with Crippen LogP contribution in [-0.2, 0) is 16.0 Å². The van der Waals surface area contributed by atoms with Crippen LogP contribution >= 0.6 is 0 Å². The van der Waals surface area contributed by atoms with Crippen LogP contribution in [0.4, 0.5) is 5.69 Å². The van der Waals surface area contributed by atoms with Gasteiger partial charge < -0.3 is 15.1 Å². The molecule has 3 aliphatic rings. The first-order valence-corrected chi connectivity index (χ1v) is 10.4. The van der Waals surface area contributed by atoms with Crippen molar-refractivity contribution < 1.29 is 9.59 Å². The van der Waals surface area contributed by atoms with Gasteiger partial charge in [-0.15, -0.1) is 0 Å². The van der Waals surface area contributed by atoms with Gasteiger partial charge in [0.25, 0.3) is 5.91 Å². The van der Waals surface area contributed by atoms with Crippen molar-refractivity contribution in [2.24, 2.45) is 5.10 Å². The molecule has 7 nitrogen and oxygen atoms in total. The summed E-state index contributed by atoms with van der Waals surface area (Å²) in [5.41, 5.74) is 5.00. The van der Waals surface area contributed by atoms with Crippen molar-refractivity contribution in [2.75, 3.05) is 11.9 Å². The summed E-state index contributed by atoms with van der Waals surface area (Å²) in [5.74, 6) is 0.757. The molecule has 150 valence electrons. The average Bonchev–Trinajstić information content (AvgIpc) is 3.16. The molecule has 0 radical (unpaired) electrons. The van der Waals surface area contributed by atoms with E-state index in [4.69, 9.17) is 0 Å². The summed E-state index contributed by atoms with van der Waals surface area (Å²) in [4.78, 5) is 29.8. The van der Waals surface area contributed by atoms with Crippen molar-refractivity contribution in [3.8, 4) is 0 Å². The van der Waals surface area contributed by atoms with E-state index in [2.05, 4.69) is 34.6 Å². The zero-order valence-corrected chi connectivity index (χ0v) is 16.6. The van der Waals surface area contributed by atoms with E-state index in [1.54, 1.807) is 4.90 Å². The van der Waals surface area contributed by atoms with Crippen LogP contribution in [0.15, 0.2) is 29.4 Å². The Balaban J connectivity index is 1.48. The van der Waals surface area contributed by atoms with E-state index in [1.165, 1.54) is 5.56 Å². The topological polar surface area (TPSA) is 77.0 Å². The second-order valence-electron chi connectivity index (χ2n) is 7.80. The first-order valence-electron chi connectivity index (χ1n) is 10.4. The molecular formula is C21H29N5O2. The lowest BCUT2D eigenvalue weighted by Gasteiger charge is -2.51. The molecular weight excluding hydrogens is 354 g/mol. The molecule has 3 atom stereocenters. The standard InChI is InChI=1S/C21H29N5O2/c1-3-14-9-11-15(12-10-14)22-19(27)13-25-16-7-5-6-8-17(16)26-18(4-2)23-24-20(26)21(25)28/h9-12,16-17,20,24H,3-8,13H2,1-2H3,(H,22,27). The number of rotatable bonds is 5. The molecule has 1 saturated heterocycles. The number of hydrazone groups is 1. The molecule has 1 aromatic carbocycles. The Kier molecular flexibility index (Phi) is 5.24. The minimum Gasteiger partial charge on any atom is -0.325 e. The van der Waals surface area contributed by atoms with Gasteiger partial charge in [-0.3, -0.25) is 15.0 Å². The number of piperazine rings is 1. The summed E-state index contributed by atoms with van der Waals surface area (Å²) in [7, 11) is 0. The van der Waals surface area contributed by atoms with Crippen molar-refractivity contribution in [1.82, 2.24) is 15.2 Å². The highest BCUT2D eigenvalue weighted by molar-refractivity contribution is 5.98. The second kappa shape index (κ2) is 7.81. The lowest BCUT2D eigenvalue weighted by atomic mass is 9.85. The molecule has 3 unspecified atom stereocenters. The molecule has 1 aliphatic carbocycles. The van der Waals surface area contributed by atoms with Crippen molar-refractivity contribution in [2.45, 2.75) is 70.6 Å². The van der Waals surface area contributed by atoms with Crippen LogP contribution in [0.25, 0.3) is 0 Å². The van der Waals surface area contributed by atoms with Crippen LogP contribution in [-0.4, -0.2) is 52.2 Å². The molecule has 2 aliphatic heterocycles. The van der Waals surface area contributed by atoms with E-state index in [0.29, 0.717) is 0 Å². The highest BCUT2D eigenvalue weighted by Crippen LogP contribution is 2.34. The molecule has 1 aromatic rings. The van der Waals surface area contributed by atoms with E-state index >= 15 is 0 Å². The lowest BCUT2D eigenvalue weighted by molar-refractivity contribution is -0.151. The third kappa shape index (κ3) is 3.34. The maximum Gasteiger partial charge on any atom is 0.268 e. The van der Waals surface area contributed by atoms with E-state index < -0.39 is 6.17 Å². The summed E-state index contributed by atoms with van der Waals surface area (Å²) in [6.07, 6.45) is 5.52. The molecule has 1 saturated carbocycles. The Morgan fingerprint density at radius 3 is 2.54 bits per heavy atom. The average molecular weight is 383 g/mol. The predicted octanol–water partition coefficient (Wildman–Crippen LogP) is 2.30. The van der Waals surface area contributed by atoms with Crippen LogP contribution in [0, 0.1) is 0 Å². The number of amidine groups is 1. The summed E-state index contributed by atoms with van der Waals surface area (Å²) < 4.78 is 0. The zero-order valence-electron chi connectivity index (χ0n) is 16.6. The minimum absolute atomic E-state index is 0.0492. The monoisotopic (exact) mass is 383 g/mol. The van der Waals surface area contributed by atoms with Crippen molar-refractivity contribution in [3.05, 3.63) is 29.8 Å². The van der Waals surface area contributed by atoms with E-state index in [0.717, 1.165) is 50.0 Å². The van der Waals surface area contributed by atoms with E-state index in [1.807, 2.05) is 24.3 Å². The number of anilines is 1. The summed E-state index contributed by atoms with van der Waals surface area (Å²) in [6, 6.07) is 8.18. The molecule has 28 heavy (non-hydrogen) atoms. The van der Waals surface area contributed by atoms with Gasteiger partial charge in [0.05, 0.1) is 12.1 Å². The van der Waals surface area contributed by atoms with Crippen molar-refractivity contribution in [3.63, 3.8) is 0 Å². The van der Waals surface area contributed by atoms with Gasteiger partial charge in [-0.25, -0.2) is 0 Å². The zero-order chi connectivity index (χ0) is 19.7. The molecule has 7 heteroatoms. The first kappa shape index (κ1) is 18.8. The van der Waals surface area contributed by atoms with Crippen LogP contribution in [0.5, 0.6) is 0 Å². The Labute approximate surface area is 166 Å². The summed E-state index contributed by atoms with van der Waals surface area (Å²) in [6.45, 7) is 4.25. The lowest BCUT2D eigenvalue weighted by Crippen LogP contribution is -2.69. The van der Waals surface area contributed by atoms with Gasteiger partial charge in [0.2, 0.25) is 5.91 Å². The van der Waals surface area contributed by atoms with Crippen molar-refractivity contribution in [1.29, 1.82) is 0 Å². The first-order chi connectivity index (χ1) is 13.6. The van der Waals surface area contributed by atoms with Gasteiger partial charge in [-0.1, -0.05) is 38.8 Å². The number of carbonyl (C=O) groups is 2. The Hall–Kier alpha value is -2.57. The molecule has 2 heterocycles. The fraction of sp³-hybridized carbons (Fsp3) is 0.571. The number of hydrogen-bond donors (Lipinski definition) is 2. The SMILES string of the molecule is CCC1=NNC2C(=O)N(CC(=O)Nc3ccc(CC)cc3)C3CCCCC3N12. The Morgan fingerprint density at radius 2 is 1.86 bits per heavy atom.